The van der Waals surface area contributed by atoms with Gasteiger partial charge in [-0.2, -0.15) is 0 Å². The number of benzene rings is 1. The van der Waals surface area contributed by atoms with Crippen LogP contribution in [0.3, 0.4) is 0 Å². The zero-order chi connectivity index (χ0) is 13.8. The van der Waals surface area contributed by atoms with Gasteiger partial charge in [-0.05, 0) is 31.0 Å². The second kappa shape index (κ2) is 6.02. The Kier molecular flexibility index (Phi) is 4.37. The molecule has 0 spiro atoms. The van der Waals surface area contributed by atoms with Crippen LogP contribution in [0, 0.1) is 11.7 Å². The minimum atomic E-state index is -0.555. The largest absolute Gasteiger partial charge is 0.494 e. The zero-order valence-corrected chi connectivity index (χ0v) is 10.9. The van der Waals surface area contributed by atoms with Crippen molar-refractivity contribution >= 4 is 5.91 Å². The first-order valence-corrected chi connectivity index (χ1v) is 6.41. The lowest BCUT2D eigenvalue weighted by Crippen LogP contribution is -2.38. The second-order valence-electron chi connectivity index (χ2n) is 4.80. The maximum Gasteiger partial charge on any atom is 0.251 e. The van der Waals surface area contributed by atoms with Crippen molar-refractivity contribution in [1.82, 2.24) is 5.32 Å². The van der Waals surface area contributed by atoms with Crippen LogP contribution in [0.1, 0.15) is 29.6 Å². The third-order valence-electron chi connectivity index (χ3n) is 3.62. The molecule has 104 valence electrons. The molecule has 2 rings (SSSR count). The van der Waals surface area contributed by atoms with Crippen LogP contribution < -0.4 is 10.1 Å². The van der Waals surface area contributed by atoms with E-state index in [1.54, 1.807) is 0 Å². The minimum absolute atomic E-state index is 0.0253. The van der Waals surface area contributed by atoms with E-state index in [0.29, 0.717) is 0 Å². The van der Waals surface area contributed by atoms with E-state index in [1.165, 1.54) is 19.2 Å². The molecule has 1 aliphatic rings. The van der Waals surface area contributed by atoms with E-state index in [4.69, 9.17) is 4.74 Å². The number of hydrogen-bond acceptors (Lipinski definition) is 3. The van der Waals surface area contributed by atoms with Crippen LogP contribution in [0.2, 0.25) is 0 Å². The van der Waals surface area contributed by atoms with Crippen molar-refractivity contribution in [3.63, 3.8) is 0 Å². The number of nitrogens with one attached hydrogen (secondary N) is 1. The average Bonchev–Trinajstić information content (AvgIpc) is 2.85. The molecule has 1 aromatic rings. The normalized spacial score (nSPS) is 22.3. The summed E-state index contributed by atoms with van der Waals surface area (Å²) >= 11 is 0. The van der Waals surface area contributed by atoms with Crippen LogP contribution in [-0.4, -0.2) is 30.8 Å². The Bertz CT molecular complexity index is 464. The predicted molar refractivity (Wildman–Crippen MR) is 68.6 cm³/mol. The maximum absolute atomic E-state index is 13.5. The van der Waals surface area contributed by atoms with Gasteiger partial charge in [0.05, 0.1) is 7.11 Å². The molecule has 4 nitrogen and oxygen atoms in total. The number of amides is 1. The molecular weight excluding hydrogens is 249 g/mol. The Morgan fingerprint density at radius 1 is 1.53 bits per heavy atom. The standard InChI is InChI=1S/C14H18FNO3/c1-19-13-6-5-9(7-11(13)15)14(18)16-12-4-2-3-10(12)8-17/h5-7,10,12,17H,2-4,8H2,1H3,(H,16,18). The lowest BCUT2D eigenvalue weighted by atomic mass is 10.0. The van der Waals surface area contributed by atoms with Gasteiger partial charge in [0.1, 0.15) is 0 Å². The molecule has 0 saturated heterocycles. The monoisotopic (exact) mass is 267 g/mol. The number of aliphatic hydroxyl groups is 1. The number of methoxy groups -OCH3 is 1. The van der Waals surface area contributed by atoms with Gasteiger partial charge in [0.15, 0.2) is 11.6 Å². The van der Waals surface area contributed by atoms with E-state index in [2.05, 4.69) is 5.32 Å². The molecule has 1 fully saturated rings. The number of ether oxygens (including phenoxy) is 1. The summed E-state index contributed by atoms with van der Waals surface area (Å²) in [6.45, 7) is 0.0713. The molecular formula is C14H18FNO3. The number of carbonyl (C=O) groups excluding carboxylic acids is 1. The second-order valence-corrected chi connectivity index (χ2v) is 4.80. The first-order chi connectivity index (χ1) is 9.15. The zero-order valence-electron chi connectivity index (χ0n) is 10.9. The number of aliphatic hydroxyl groups excluding tert-OH is 1. The van der Waals surface area contributed by atoms with Crippen LogP contribution in [-0.2, 0) is 0 Å². The summed E-state index contributed by atoms with van der Waals surface area (Å²) < 4.78 is 18.3. The summed E-state index contributed by atoms with van der Waals surface area (Å²) in [5.41, 5.74) is 0.266. The SMILES string of the molecule is COc1ccc(C(=O)NC2CCCC2CO)cc1F. The molecule has 19 heavy (non-hydrogen) atoms. The van der Waals surface area contributed by atoms with Crippen molar-refractivity contribution in [3.05, 3.63) is 29.6 Å². The topological polar surface area (TPSA) is 58.6 Å². The van der Waals surface area contributed by atoms with Crippen molar-refractivity contribution in [2.75, 3.05) is 13.7 Å². The van der Waals surface area contributed by atoms with Crippen LogP contribution in [0.5, 0.6) is 5.75 Å². The quantitative estimate of drug-likeness (QED) is 0.873. The van der Waals surface area contributed by atoms with E-state index in [1.807, 2.05) is 0 Å². The predicted octanol–water partition coefficient (Wildman–Crippen LogP) is 1.73. The molecule has 1 amide bonds. The summed E-state index contributed by atoms with van der Waals surface area (Å²) in [6, 6.07) is 4.10. The van der Waals surface area contributed by atoms with Crippen molar-refractivity contribution in [2.45, 2.75) is 25.3 Å². The fourth-order valence-electron chi connectivity index (χ4n) is 2.50. The molecule has 1 saturated carbocycles. The highest BCUT2D eigenvalue weighted by molar-refractivity contribution is 5.94. The van der Waals surface area contributed by atoms with Gasteiger partial charge in [-0.3, -0.25) is 4.79 Å². The molecule has 2 N–H and O–H groups in total. The van der Waals surface area contributed by atoms with Crippen LogP contribution in [0.15, 0.2) is 18.2 Å². The number of carbonyl (C=O) groups is 1. The Balaban J connectivity index is 2.05. The molecule has 0 aliphatic heterocycles. The summed E-state index contributed by atoms with van der Waals surface area (Å²) in [4.78, 5) is 12.0. The highest BCUT2D eigenvalue weighted by Gasteiger charge is 2.28. The van der Waals surface area contributed by atoms with Crippen molar-refractivity contribution in [2.24, 2.45) is 5.92 Å². The lowest BCUT2D eigenvalue weighted by molar-refractivity contribution is 0.0915. The maximum atomic E-state index is 13.5. The smallest absolute Gasteiger partial charge is 0.251 e. The molecule has 0 heterocycles. The minimum Gasteiger partial charge on any atom is -0.494 e. The summed E-state index contributed by atoms with van der Waals surface area (Å²) in [7, 11) is 1.38. The summed E-state index contributed by atoms with van der Waals surface area (Å²) in [5, 5.41) is 12.1. The molecule has 0 radical (unpaired) electrons. The third kappa shape index (κ3) is 3.04. The first kappa shape index (κ1) is 13.8. The van der Waals surface area contributed by atoms with Gasteiger partial charge in [-0.15, -0.1) is 0 Å². The number of halogens is 1. The Hall–Kier alpha value is -1.62. The molecule has 1 aromatic carbocycles. The van der Waals surface area contributed by atoms with Gasteiger partial charge in [-0.1, -0.05) is 6.42 Å². The van der Waals surface area contributed by atoms with Crippen molar-refractivity contribution in [3.8, 4) is 5.75 Å². The fraction of sp³-hybridized carbons (Fsp3) is 0.500. The summed E-state index contributed by atoms with van der Waals surface area (Å²) in [5.74, 6) is -0.648. The first-order valence-electron chi connectivity index (χ1n) is 6.41. The van der Waals surface area contributed by atoms with E-state index < -0.39 is 5.82 Å². The molecule has 0 bridgehead atoms. The molecule has 1 aliphatic carbocycles. The Morgan fingerprint density at radius 3 is 2.95 bits per heavy atom. The molecule has 5 heteroatoms. The van der Waals surface area contributed by atoms with Gasteiger partial charge in [-0.25, -0.2) is 4.39 Å². The average molecular weight is 267 g/mol. The van der Waals surface area contributed by atoms with Gasteiger partial charge in [0, 0.05) is 24.1 Å². The van der Waals surface area contributed by atoms with E-state index in [9.17, 15) is 14.3 Å². The van der Waals surface area contributed by atoms with Gasteiger partial charge in [0.2, 0.25) is 0 Å². The lowest BCUT2D eigenvalue weighted by Gasteiger charge is -2.19. The van der Waals surface area contributed by atoms with Crippen LogP contribution in [0.25, 0.3) is 0 Å². The highest BCUT2D eigenvalue weighted by Crippen LogP contribution is 2.25. The fourth-order valence-corrected chi connectivity index (χ4v) is 2.50. The van der Waals surface area contributed by atoms with Gasteiger partial charge in [0.25, 0.3) is 5.91 Å². The molecule has 2 atom stereocenters. The van der Waals surface area contributed by atoms with Gasteiger partial charge >= 0.3 is 0 Å². The Morgan fingerprint density at radius 2 is 2.32 bits per heavy atom. The van der Waals surface area contributed by atoms with Crippen LogP contribution >= 0.6 is 0 Å². The number of hydrogen-bond donors (Lipinski definition) is 2. The van der Waals surface area contributed by atoms with E-state index in [0.717, 1.165) is 25.3 Å². The number of rotatable bonds is 4. The van der Waals surface area contributed by atoms with E-state index in [-0.39, 0.29) is 35.8 Å². The molecule has 0 aromatic heterocycles. The highest BCUT2D eigenvalue weighted by atomic mass is 19.1. The van der Waals surface area contributed by atoms with Crippen molar-refractivity contribution < 1.29 is 19.0 Å². The van der Waals surface area contributed by atoms with Crippen LogP contribution in [0.4, 0.5) is 4.39 Å². The third-order valence-corrected chi connectivity index (χ3v) is 3.62. The van der Waals surface area contributed by atoms with Crippen molar-refractivity contribution in [1.29, 1.82) is 0 Å². The van der Waals surface area contributed by atoms with E-state index >= 15 is 0 Å². The summed E-state index contributed by atoms with van der Waals surface area (Å²) in [6.07, 6.45) is 2.77. The molecule has 2 unspecified atom stereocenters. The van der Waals surface area contributed by atoms with Gasteiger partial charge < -0.3 is 15.2 Å². The Labute approximate surface area is 111 Å².